The second-order valence-electron chi connectivity index (χ2n) is 8.89. The third-order valence-corrected chi connectivity index (χ3v) is 12.0. The zero-order valence-electron chi connectivity index (χ0n) is 18.8. The third-order valence-electron chi connectivity index (χ3n) is 6.80. The van der Waals surface area contributed by atoms with Crippen molar-refractivity contribution in [3.8, 4) is 0 Å². The van der Waals surface area contributed by atoms with Crippen LogP contribution in [0.1, 0.15) is 26.7 Å². The number of benzene rings is 2. The van der Waals surface area contributed by atoms with Crippen molar-refractivity contribution in [2.75, 3.05) is 13.2 Å². The molecule has 2 aromatic carbocycles. The molecule has 2 fully saturated rings. The molecule has 182 valence electrons. The van der Waals surface area contributed by atoms with E-state index in [-0.39, 0.29) is 35.8 Å². The molecule has 8 nitrogen and oxygen atoms in total. The highest BCUT2D eigenvalue weighted by molar-refractivity contribution is 7.94. The molecular weight excluding hydrogens is 480 g/mol. The predicted octanol–water partition coefficient (Wildman–Crippen LogP) is 2.58. The molecule has 4 atom stereocenters. The van der Waals surface area contributed by atoms with Gasteiger partial charge in [-0.25, -0.2) is 16.8 Å². The highest BCUT2D eigenvalue weighted by Gasteiger charge is 2.69. The van der Waals surface area contributed by atoms with Gasteiger partial charge in [0.25, 0.3) is 0 Å². The van der Waals surface area contributed by atoms with Crippen LogP contribution in [-0.2, 0) is 38.7 Å². The molecule has 10 heteroatoms. The van der Waals surface area contributed by atoms with E-state index in [0.717, 1.165) is 0 Å². The first-order valence-corrected chi connectivity index (χ1v) is 13.9. The summed E-state index contributed by atoms with van der Waals surface area (Å²) in [6, 6.07) is 15.4. The van der Waals surface area contributed by atoms with Gasteiger partial charge >= 0.3 is 11.9 Å². The Bertz CT molecular complexity index is 1200. The van der Waals surface area contributed by atoms with Crippen LogP contribution in [0.4, 0.5) is 0 Å². The van der Waals surface area contributed by atoms with E-state index >= 15 is 0 Å². The fraction of sp³-hybridized carbons (Fsp3) is 0.417. The van der Waals surface area contributed by atoms with Gasteiger partial charge in [0.2, 0.25) is 0 Å². The Morgan fingerprint density at radius 2 is 1.00 bits per heavy atom. The monoisotopic (exact) mass is 506 g/mol. The molecule has 0 N–H and O–H groups in total. The number of sulfone groups is 2. The molecule has 0 spiro atoms. The number of carbonyl (C=O) groups excluding carboxylic acids is 2. The van der Waals surface area contributed by atoms with E-state index in [0.29, 0.717) is 0 Å². The minimum Gasteiger partial charge on any atom is -0.461 e. The van der Waals surface area contributed by atoms with Gasteiger partial charge in [-0.05, 0) is 48.9 Å². The van der Waals surface area contributed by atoms with Crippen molar-refractivity contribution in [3.63, 3.8) is 0 Å². The van der Waals surface area contributed by atoms with Crippen LogP contribution in [0.5, 0.6) is 0 Å². The van der Waals surface area contributed by atoms with Crippen molar-refractivity contribution < 1.29 is 35.9 Å². The Labute approximate surface area is 199 Å². The normalized spacial score (nSPS) is 28.1. The maximum atomic E-state index is 13.1. The summed E-state index contributed by atoms with van der Waals surface area (Å²) in [4.78, 5) is 25.6. The molecule has 2 saturated carbocycles. The van der Waals surface area contributed by atoms with E-state index in [9.17, 15) is 26.4 Å². The zero-order valence-corrected chi connectivity index (χ0v) is 20.5. The zero-order chi connectivity index (χ0) is 24.8. The van der Waals surface area contributed by atoms with Crippen LogP contribution in [0, 0.1) is 11.8 Å². The molecular formula is C24H26O8S2. The van der Waals surface area contributed by atoms with E-state index in [1.165, 1.54) is 24.3 Å². The number of hydrogen-bond acceptors (Lipinski definition) is 8. The highest BCUT2D eigenvalue weighted by atomic mass is 32.2. The van der Waals surface area contributed by atoms with Gasteiger partial charge in [0.1, 0.15) is 13.2 Å². The van der Waals surface area contributed by atoms with Crippen molar-refractivity contribution in [1.29, 1.82) is 0 Å². The van der Waals surface area contributed by atoms with E-state index in [4.69, 9.17) is 9.47 Å². The first kappa shape index (κ1) is 24.4. The van der Waals surface area contributed by atoms with E-state index in [1.807, 2.05) is 0 Å². The minimum atomic E-state index is -3.96. The molecule has 4 unspecified atom stereocenters. The lowest BCUT2D eigenvalue weighted by atomic mass is 10.3. The molecule has 2 aliphatic carbocycles. The van der Waals surface area contributed by atoms with Crippen molar-refractivity contribution in [2.24, 2.45) is 11.8 Å². The quantitative estimate of drug-likeness (QED) is 0.376. The second kappa shape index (κ2) is 8.49. The van der Waals surface area contributed by atoms with Crippen LogP contribution in [-0.4, -0.2) is 51.5 Å². The number of esters is 2. The van der Waals surface area contributed by atoms with Gasteiger partial charge in [-0.15, -0.1) is 0 Å². The summed E-state index contributed by atoms with van der Waals surface area (Å²) in [6.45, 7) is 2.57. The Hall–Kier alpha value is -2.72. The average molecular weight is 507 g/mol. The van der Waals surface area contributed by atoms with Gasteiger partial charge in [-0.1, -0.05) is 50.2 Å². The molecule has 0 bridgehead atoms. The summed E-state index contributed by atoms with van der Waals surface area (Å²) in [6.07, 6.45) is 0.275. The topological polar surface area (TPSA) is 121 Å². The Morgan fingerprint density at radius 3 is 1.26 bits per heavy atom. The van der Waals surface area contributed by atoms with Crippen LogP contribution in [0.25, 0.3) is 0 Å². The van der Waals surface area contributed by atoms with Crippen molar-refractivity contribution in [2.45, 2.75) is 46.0 Å². The highest BCUT2D eigenvalue weighted by Crippen LogP contribution is 2.54. The van der Waals surface area contributed by atoms with Crippen molar-refractivity contribution >= 4 is 31.6 Å². The van der Waals surface area contributed by atoms with Gasteiger partial charge < -0.3 is 9.47 Å². The smallest absolute Gasteiger partial charge is 0.328 e. The number of hydrogen-bond donors (Lipinski definition) is 0. The fourth-order valence-corrected chi connectivity index (χ4v) is 8.89. The van der Waals surface area contributed by atoms with Gasteiger partial charge in [0.15, 0.2) is 29.2 Å². The maximum absolute atomic E-state index is 13.1. The summed E-state index contributed by atoms with van der Waals surface area (Å²) in [5.41, 5.74) is 0. The van der Waals surface area contributed by atoms with Crippen LogP contribution in [0.3, 0.4) is 0 Å². The van der Waals surface area contributed by atoms with Crippen LogP contribution >= 0.6 is 0 Å². The fourth-order valence-electron chi connectivity index (χ4n) is 4.46. The van der Waals surface area contributed by atoms with E-state index in [1.54, 1.807) is 50.2 Å². The minimum absolute atomic E-state index is 0.0403. The lowest BCUT2D eigenvalue weighted by Gasteiger charge is -2.18. The second-order valence-corrected chi connectivity index (χ2v) is 13.3. The molecule has 4 rings (SSSR count). The molecule has 34 heavy (non-hydrogen) atoms. The summed E-state index contributed by atoms with van der Waals surface area (Å²) < 4.78 is 59.3. The van der Waals surface area contributed by atoms with Gasteiger partial charge in [0.05, 0.1) is 9.79 Å². The number of ether oxygens (including phenoxy) is 2. The van der Waals surface area contributed by atoms with Crippen LogP contribution in [0.15, 0.2) is 70.5 Å². The first-order valence-electron chi connectivity index (χ1n) is 11.0. The molecule has 0 aliphatic heterocycles. The molecule has 0 amide bonds. The maximum Gasteiger partial charge on any atom is 0.328 e. The molecule has 0 heterocycles. The van der Waals surface area contributed by atoms with E-state index in [2.05, 4.69) is 0 Å². The lowest BCUT2D eigenvalue weighted by molar-refractivity contribution is -0.153. The van der Waals surface area contributed by atoms with Crippen LogP contribution < -0.4 is 0 Å². The third kappa shape index (κ3) is 3.63. The first-order chi connectivity index (χ1) is 16.0. The molecule has 2 aliphatic rings. The summed E-state index contributed by atoms with van der Waals surface area (Å²) in [5, 5.41) is 0. The molecule has 2 aromatic rings. The van der Waals surface area contributed by atoms with Crippen molar-refractivity contribution in [3.05, 3.63) is 60.7 Å². The van der Waals surface area contributed by atoms with Crippen molar-refractivity contribution in [1.82, 2.24) is 0 Å². The number of rotatable bonds is 9. The lowest BCUT2D eigenvalue weighted by Crippen LogP contribution is -2.38. The van der Waals surface area contributed by atoms with Gasteiger partial charge in [0, 0.05) is 0 Å². The molecule has 0 saturated heterocycles. The number of carbonyl (C=O) groups is 2. The Kier molecular flexibility index (Phi) is 6.10. The largest absolute Gasteiger partial charge is 0.461 e. The average Bonchev–Trinajstić information content (AvgIpc) is 3.72. The SMILES string of the molecule is CC1CC1(C(=O)OCCOC(=O)C1(S(=O)(=O)c2ccccc2)CC1C)S(=O)(=O)c1ccccc1. The standard InChI is InChI=1S/C24H26O8S2/c1-17-15-23(17,33(27,28)19-9-5-3-6-10-19)21(25)31-13-14-32-22(26)24(16-18(24)2)34(29,30)20-11-7-4-8-12-20/h3-12,17-18H,13-16H2,1-2H3. The molecule has 0 aromatic heterocycles. The Balaban J connectivity index is 1.39. The molecule has 0 radical (unpaired) electrons. The predicted molar refractivity (Wildman–Crippen MR) is 122 cm³/mol. The van der Waals surface area contributed by atoms with Crippen LogP contribution in [0.2, 0.25) is 0 Å². The summed E-state index contributed by atoms with van der Waals surface area (Å²) >= 11 is 0. The summed E-state index contributed by atoms with van der Waals surface area (Å²) in [7, 11) is -7.92. The Morgan fingerprint density at radius 1 is 0.706 bits per heavy atom. The van der Waals surface area contributed by atoms with Gasteiger partial charge in [-0.2, -0.15) is 0 Å². The summed E-state index contributed by atoms with van der Waals surface area (Å²) in [5.74, 6) is -2.63. The van der Waals surface area contributed by atoms with E-state index < -0.39 is 52.9 Å². The van der Waals surface area contributed by atoms with Gasteiger partial charge in [-0.3, -0.25) is 9.59 Å².